The van der Waals surface area contributed by atoms with Crippen LogP contribution in [0.3, 0.4) is 0 Å². The van der Waals surface area contributed by atoms with Crippen molar-refractivity contribution in [3.05, 3.63) is 0 Å². The minimum atomic E-state index is -3.00. The van der Waals surface area contributed by atoms with Crippen molar-refractivity contribution in [1.82, 2.24) is 5.32 Å². The Labute approximate surface area is 73.9 Å². The summed E-state index contributed by atoms with van der Waals surface area (Å²) in [7, 11) is -3.00. The van der Waals surface area contributed by atoms with Crippen LogP contribution in [0.1, 0.15) is 13.3 Å². The number of sulfone groups is 1. The van der Waals surface area contributed by atoms with Crippen molar-refractivity contribution >= 4 is 9.84 Å². The van der Waals surface area contributed by atoms with Gasteiger partial charge in [0.2, 0.25) is 0 Å². The number of rotatable bonds is 7. The average Bonchev–Trinajstić information content (AvgIpc) is 1.98. The van der Waals surface area contributed by atoms with Crippen molar-refractivity contribution in [2.45, 2.75) is 13.3 Å². The molecule has 4 nitrogen and oxygen atoms in total. The molecule has 0 aromatic rings. The predicted molar refractivity (Wildman–Crippen MR) is 48.9 cm³/mol. The van der Waals surface area contributed by atoms with Crippen molar-refractivity contribution in [1.29, 1.82) is 0 Å². The highest BCUT2D eigenvalue weighted by Gasteiger charge is 2.08. The molecule has 0 amide bonds. The van der Waals surface area contributed by atoms with Gasteiger partial charge < -0.3 is 10.4 Å². The van der Waals surface area contributed by atoms with Gasteiger partial charge in [0.05, 0.1) is 18.1 Å². The molecule has 0 unspecified atom stereocenters. The molecule has 0 heterocycles. The van der Waals surface area contributed by atoms with E-state index in [0.29, 0.717) is 6.42 Å². The summed E-state index contributed by atoms with van der Waals surface area (Å²) in [4.78, 5) is 0. The van der Waals surface area contributed by atoms with Crippen LogP contribution in [-0.2, 0) is 9.84 Å². The second-order valence-electron chi connectivity index (χ2n) is 2.58. The van der Waals surface area contributed by atoms with E-state index in [9.17, 15) is 8.42 Å². The smallest absolute Gasteiger partial charge is 0.152 e. The molecule has 0 fully saturated rings. The Hall–Kier alpha value is -0.130. The number of aliphatic hydroxyl groups is 1. The van der Waals surface area contributed by atoms with Crippen molar-refractivity contribution in [2.24, 2.45) is 0 Å². The van der Waals surface area contributed by atoms with Gasteiger partial charge in [-0.05, 0) is 19.5 Å². The van der Waals surface area contributed by atoms with Crippen molar-refractivity contribution in [3.63, 3.8) is 0 Å². The number of hydrogen-bond donors (Lipinski definition) is 2. The Morgan fingerprint density at radius 3 is 2.50 bits per heavy atom. The summed E-state index contributed by atoms with van der Waals surface area (Å²) in [6.45, 7) is 3.28. The summed E-state index contributed by atoms with van der Waals surface area (Å²) in [5.74, 6) is 0.0552. The van der Waals surface area contributed by atoms with Gasteiger partial charge in [0.1, 0.15) is 0 Å². The fourth-order valence-corrected chi connectivity index (χ4v) is 1.90. The van der Waals surface area contributed by atoms with E-state index in [2.05, 4.69) is 5.32 Å². The largest absolute Gasteiger partial charge is 0.395 e. The molecule has 0 aliphatic rings. The quantitative estimate of drug-likeness (QED) is 0.532. The lowest BCUT2D eigenvalue weighted by atomic mass is 10.5. The monoisotopic (exact) mass is 195 g/mol. The van der Waals surface area contributed by atoms with Crippen LogP contribution in [0.25, 0.3) is 0 Å². The lowest BCUT2D eigenvalue weighted by Gasteiger charge is -2.02. The average molecular weight is 195 g/mol. The second-order valence-corrected chi connectivity index (χ2v) is 4.89. The number of aliphatic hydroxyl groups excluding tert-OH is 1. The summed E-state index contributed by atoms with van der Waals surface area (Å²) >= 11 is 0. The van der Waals surface area contributed by atoms with Crippen LogP contribution in [0, 0.1) is 0 Å². The Morgan fingerprint density at radius 1 is 1.33 bits per heavy atom. The van der Waals surface area contributed by atoms with Crippen LogP contribution in [0.15, 0.2) is 0 Å². The van der Waals surface area contributed by atoms with E-state index in [0.717, 1.165) is 13.1 Å². The maximum absolute atomic E-state index is 11.0. The van der Waals surface area contributed by atoms with Crippen LogP contribution < -0.4 is 5.32 Å². The highest BCUT2D eigenvalue weighted by Crippen LogP contribution is 1.92. The summed E-state index contributed by atoms with van der Waals surface area (Å²) in [6.07, 6.45) is 0.621. The van der Waals surface area contributed by atoms with Gasteiger partial charge in [0.25, 0.3) is 0 Å². The van der Waals surface area contributed by atoms with E-state index in [1.54, 1.807) is 0 Å². The molecular formula is C7H17NO3S. The summed E-state index contributed by atoms with van der Waals surface area (Å²) in [6, 6.07) is 0. The van der Waals surface area contributed by atoms with E-state index < -0.39 is 9.84 Å². The van der Waals surface area contributed by atoms with Crippen molar-refractivity contribution in [2.75, 3.05) is 31.2 Å². The van der Waals surface area contributed by atoms with E-state index in [-0.39, 0.29) is 18.1 Å². The summed E-state index contributed by atoms with van der Waals surface area (Å²) in [5, 5.41) is 11.4. The van der Waals surface area contributed by atoms with Gasteiger partial charge >= 0.3 is 0 Å². The van der Waals surface area contributed by atoms with Crippen LogP contribution in [0.4, 0.5) is 0 Å². The van der Waals surface area contributed by atoms with Crippen LogP contribution in [0.2, 0.25) is 0 Å². The summed E-state index contributed by atoms with van der Waals surface area (Å²) < 4.78 is 22.0. The molecule has 0 saturated heterocycles. The van der Waals surface area contributed by atoms with Crippen molar-refractivity contribution < 1.29 is 13.5 Å². The molecule has 0 bridgehead atoms. The SMILES string of the molecule is CCNCCCS(=O)(=O)CCO. The molecule has 74 valence electrons. The van der Waals surface area contributed by atoms with Gasteiger partial charge in [-0.2, -0.15) is 0 Å². The van der Waals surface area contributed by atoms with Gasteiger partial charge in [0.15, 0.2) is 9.84 Å². The molecule has 0 aliphatic carbocycles. The third-order valence-electron chi connectivity index (χ3n) is 1.46. The summed E-state index contributed by atoms with van der Waals surface area (Å²) in [5.41, 5.74) is 0. The zero-order valence-electron chi connectivity index (χ0n) is 7.41. The number of hydrogen-bond acceptors (Lipinski definition) is 4. The first-order valence-corrected chi connectivity index (χ1v) is 5.96. The fourth-order valence-electron chi connectivity index (χ4n) is 0.835. The highest BCUT2D eigenvalue weighted by molar-refractivity contribution is 7.91. The molecule has 0 aliphatic heterocycles. The third kappa shape index (κ3) is 6.57. The zero-order chi connectivity index (χ0) is 9.45. The highest BCUT2D eigenvalue weighted by atomic mass is 32.2. The van der Waals surface area contributed by atoms with Crippen LogP contribution >= 0.6 is 0 Å². The lowest BCUT2D eigenvalue weighted by molar-refractivity contribution is 0.319. The first-order valence-electron chi connectivity index (χ1n) is 4.14. The normalized spacial score (nSPS) is 11.8. The molecule has 0 spiro atoms. The molecule has 2 N–H and O–H groups in total. The molecule has 5 heteroatoms. The number of nitrogens with one attached hydrogen (secondary N) is 1. The minimum Gasteiger partial charge on any atom is -0.395 e. The van der Waals surface area contributed by atoms with Crippen LogP contribution in [0.5, 0.6) is 0 Å². The second kappa shape index (κ2) is 6.39. The molecule has 0 saturated carbocycles. The molecular weight excluding hydrogens is 178 g/mol. The molecule has 12 heavy (non-hydrogen) atoms. The maximum Gasteiger partial charge on any atom is 0.152 e. The lowest BCUT2D eigenvalue weighted by Crippen LogP contribution is -2.20. The van der Waals surface area contributed by atoms with Gasteiger partial charge in [-0.3, -0.25) is 0 Å². The Balaban J connectivity index is 3.48. The molecule has 0 aromatic heterocycles. The third-order valence-corrected chi connectivity index (χ3v) is 3.18. The van der Waals surface area contributed by atoms with Crippen LogP contribution in [-0.4, -0.2) is 44.7 Å². The Morgan fingerprint density at radius 2 is 2.00 bits per heavy atom. The Bertz CT molecular complexity index is 189. The maximum atomic E-state index is 11.0. The van der Waals surface area contributed by atoms with Gasteiger partial charge in [-0.1, -0.05) is 6.92 Å². The van der Waals surface area contributed by atoms with E-state index in [1.807, 2.05) is 6.92 Å². The first kappa shape index (κ1) is 11.9. The molecule has 0 aromatic carbocycles. The predicted octanol–water partition coefficient (Wildman–Crippen LogP) is -0.607. The van der Waals surface area contributed by atoms with E-state index in [1.165, 1.54) is 0 Å². The Kier molecular flexibility index (Phi) is 6.32. The van der Waals surface area contributed by atoms with Gasteiger partial charge in [-0.25, -0.2) is 8.42 Å². The zero-order valence-corrected chi connectivity index (χ0v) is 8.23. The fraction of sp³-hybridized carbons (Fsp3) is 1.00. The van der Waals surface area contributed by atoms with Crippen molar-refractivity contribution in [3.8, 4) is 0 Å². The van der Waals surface area contributed by atoms with Gasteiger partial charge in [0, 0.05) is 0 Å². The molecule has 0 atom stereocenters. The molecule has 0 rings (SSSR count). The topological polar surface area (TPSA) is 66.4 Å². The first-order chi connectivity index (χ1) is 5.62. The van der Waals surface area contributed by atoms with E-state index >= 15 is 0 Å². The standard InChI is InChI=1S/C7H17NO3S/c1-2-8-4-3-6-12(10,11)7-5-9/h8-9H,2-7H2,1H3. The van der Waals surface area contributed by atoms with Gasteiger partial charge in [-0.15, -0.1) is 0 Å². The molecule has 0 radical (unpaired) electrons. The van der Waals surface area contributed by atoms with E-state index in [4.69, 9.17) is 5.11 Å². The minimum absolute atomic E-state index is 0.112.